The third-order valence-electron chi connectivity index (χ3n) is 7.82. The number of ether oxygens (including phenoxy) is 6. The van der Waals surface area contributed by atoms with Crippen LogP contribution in [0.4, 0.5) is 5.69 Å². The monoisotopic (exact) mass is 703 g/mol. The molecule has 1 aliphatic heterocycles. The van der Waals surface area contributed by atoms with E-state index >= 15 is 0 Å². The van der Waals surface area contributed by atoms with Crippen LogP contribution in [0.5, 0.6) is 0 Å². The Hall–Kier alpha value is -4.63. The summed E-state index contributed by atoms with van der Waals surface area (Å²) in [6.07, 6.45) is -5.07. The summed E-state index contributed by atoms with van der Waals surface area (Å²) in [5.74, 6) is -4.38. The first-order chi connectivity index (χ1) is 23.5. The lowest BCUT2D eigenvalue weighted by Crippen LogP contribution is -2.62. The number of rotatable bonds is 15. The molecule has 1 saturated heterocycles. The number of hydrogen-bond acceptors (Lipinski definition) is 14. The van der Waals surface area contributed by atoms with E-state index in [9.17, 15) is 33.6 Å². The fraction of sp³-hybridized carbons (Fsp3) is 0.571. The zero-order valence-electron chi connectivity index (χ0n) is 29.1. The van der Waals surface area contributed by atoms with Crippen molar-refractivity contribution in [2.24, 2.45) is 5.41 Å². The highest BCUT2D eigenvalue weighted by molar-refractivity contribution is 6.23. The van der Waals surface area contributed by atoms with Crippen molar-refractivity contribution in [3.63, 3.8) is 0 Å². The lowest BCUT2D eigenvalue weighted by molar-refractivity contribution is -0.310. The Bertz CT molecular complexity index is 1460. The zero-order valence-corrected chi connectivity index (χ0v) is 29.1. The normalized spacial score (nSPS) is 23.0. The number of anilines is 1. The van der Waals surface area contributed by atoms with Gasteiger partial charge in [-0.05, 0) is 42.4 Å². The summed E-state index contributed by atoms with van der Waals surface area (Å²) in [5.41, 5.74) is 1.26. The number of benzene rings is 1. The minimum absolute atomic E-state index is 0.0359. The molecule has 1 heterocycles. The third-order valence-corrected chi connectivity index (χ3v) is 7.82. The molecule has 1 saturated carbocycles. The first kappa shape index (κ1) is 39.8. The Morgan fingerprint density at radius 3 is 1.88 bits per heavy atom. The van der Waals surface area contributed by atoms with Crippen LogP contribution in [0.2, 0.25) is 0 Å². The summed E-state index contributed by atoms with van der Waals surface area (Å²) < 4.78 is 33.3. The van der Waals surface area contributed by atoms with Crippen molar-refractivity contribution < 1.29 is 67.1 Å². The number of allylic oxidation sites excluding steroid dienone is 2. The summed E-state index contributed by atoms with van der Waals surface area (Å²) in [6.45, 7) is 7.77. The van der Waals surface area contributed by atoms with Crippen molar-refractivity contribution in [1.29, 1.82) is 0 Å². The standard InChI is InChI=1S/C35H45NO14/c1-19(37)45-18-28-31(47-20(2)38)32(48-21(3)39)33(49-22(4)40)34(50-28)46-17-23-11-13-24(14-12-23)36-25(9-7-8-10-29(43)44)30-26(41)15-35(5,6)16-27(30)42/h11-14,28,31-34,36H,7-10,15-18H2,1-6H3,(H,43,44)/t28-,31-,32+,33-,34-/m1/s1. The molecule has 1 aromatic rings. The fourth-order valence-electron chi connectivity index (χ4n) is 5.79. The average Bonchev–Trinajstić information content (AvgIpc) is 2.98. The highest BCUT2D eigenvalue weighted by Gasteiger charge is 2.52. The molecule has 1 aromatic carbocycles. The molecule has 0 aromatic heterocycles. The molecule has 0 unspecified atom stereocenters. The van der Waals surface area contributed by atoms with Crippen LogP contribution in [-0.4, -0.2) is 83.8 Å². The van der Waals surface area contributed by atoms with E-state index in [1.54, 1.807) is 24.3 Å². The predicted molar refractivity (Wildman–Crippen MR) is 173 cm³/mol. The van der Waals surface area contributed by atoms with Crippen LogP contribution in [-0.2, 0) is 68.6 Å². The van der Waals surface area contributed by atoms with Crippen LogP contribution in [0.25, 0.3) is 0 Å². The van der Waals surface area contributed by atoms with E-state index in [1.807, 2.05) is 13.8 Å². The Morgan fingerprint density at radius 1 is 0.800 bits per heavy atom. The highest BCUT2D eigenvalue weighted by Crippen LogP contribution is 2.36. The van der Waals surface area contributed by atoms with Crippen LogP contribution >= 0.6 is 0 Å². The number of carbonyl (C=O) groups excluding carboxylic acids is 6. The summed E-state index contributed by atoms with van der Waals surface area (Å²) in [4.78, 5) is 84.8. The number of unbranched alkanes of at least 4 members (excludes halogenated alkanes) is 1. The molecule has 3 rings (SSSR count). The molecule has 50 heavy (non-hydrogen) atoms. The van der Waals surface area contributed by atoms with E-state index in [2.05, 4.69) is 5.32 Å². The Kier molecular flexibility index (Phi) is 14.2. The average molecular weight is 704 g/mol. The molecule has 2 fully saturated rings. The van der Waals surface area contributed by atoms with E-state index in [4.69, 9.17) is 33.5 Å². The maximum absolute atomic E-state index is 13.1. The second-order valence-electron chi connectivity index (χ2n) is 13.0. The number of esters is 4. The number of ketones is 2. The maximum Gasteiger partial charge on any atom is 0.303 e. The van der Waals surface area contributed by atoms with Gasteiger partial charge in [0.1, 0.15) is 12.7 Å². The van der Waals surface area contributed by atoms with E-state index in [-0.39, 0.29) is 43.0 Å². The molecular weight excluding hydrogens is 658 g/mol. The topological polar surface area (TPSA) is 207 Å². The number of nitrogens with one attached hydrogen (secondary N) is 1. The minimum atomic E-state index is -1.37. The quantitative estimate of drug-likeness (QED) is 0.0880. The maximum atomic E-state index is 13.1. The fourth-order valence-corrected chi connectivity index (χ4v) is 5.79. The van der Waals surface area contributed by atoms with Crippen molar-refractivity contribution in [1.82, 2.24) is 0 Å². The SMILES string of the molecule is CC(=O)OC[C@H]1O[C@@H](OCc2ccc(NC(CCCCC(=O)O)=C3C(=O)CC(C)(C)CC3=O)cc2)[C@H](OC(C)=O)[C@@H](OC(C)=O)[C@@H]1OC(C)=O. The van der Waals surface area contributed by atoms with Crippen molar-refractivity contribution in [2.45, 2.75) is 117 Å². The van der Waals surface area contributed by atoms with Gasteiger partial charge in [0.2, 0.25) is 0 Å². The molecule has 0 amide bonds. The van der Waals surface area contributed by atoms with Crippen LogP contribution in [0.15, 0.2) is 35.5 Å². The predicted octanol–water partition coefficient (Wildman–Crippen LogP) is 3.56. The van der Waals surface area contributed by atoms with Gasteiger partial charge in [-0.3, -0.25) is 33.6 Å². The second kappa shape index (κ2) is 17.9. The van der Waals surface area contributed by atoms with E-state index < -0.39 is 72.6 Å². The van der Waals surface area contributed by atoms with Crippen molar-refractivity contribution >= 4 is 47.1 Å². The van der Waals surface area contributed by atoms with Gasteiger partial charge in [0, 0.05) is 58.3 Å². The largest absolute Gasteiger partial charge is 0.481 e. The minimum Gasteiger partial charge on any atom is -0.481 e. The van der Waals surface area contributed by atoms with E-state index in [0.29, 0.717) is 36.2 Å². The summed E-state index contributed by atoms with van der Waals surface area (Å²) in [7, 11) is 0. The molecule has 15 heteroatoms. The van der Waals surface area contributed by atoms with Crippen molar-refractivity contribution in [3.8, 4) is 0 Å². The number of carboxylic acids is 1. The Morgan fingerprint density at radius 2 is 1.34 bits per heavy atom. The molecule has 0 bridgehead atoms. The zero-order chi connectivity index (χ0) is 37.2. The molecule has 2 aliphatic rings. The van der Waals surface area contributed by atoms with Gasteiger partial charge < -0.3 is 38.8 Å². The van der Waals surface area contributed by atoms with Crippen LogP contribution in [0, 0.1) is 5.41 Å². The number of Topliss-reactive ketones (excluding diaryl/α,β-unsaturated/α-hetero) is 2. The van der Waals surface area contributed by atoms with E-state index in [1.165, 1.54) is 6.92 Å². The smallest absolute Gasteiger partial charge is 0.303 e. The number of hydrogen-bond donors (Lipinski definition) is 2. The molecular formula is C35H45NO14. The first-order valence-corrected chi connectivity index (χ1v) is 16.2. The Balaban J connectivity index is 1.83. The lowest BCUT2D eigenvalue weighted by Gasteiger charge is -2.44. The van der Waals surface area contributed by atoms with Crippen molar-refractivity contribution in [3.05, 3.63) is 41.1 Å². The van der Waals surface area contributed by atoms with Gasteiger partial charge in [-0.25, -0.2) is 0 Å². The molecule has 1 aliphatic carbocycles. The lowest BCUT2D eigenvalue weighted by atomic mass is 9.73. The number of carbonyl (C=O) groups is 7. The number of aliphatic carboxylic acids is 1. The molecule has 2 N–H and O–H groups in total. The van der Waals surface area contributed by atoms with E-state index in [0.717, 1.165) is 20.8 Å². The van der Waals surface area contributed by atoms with Gasteiger partial charge in [0.05, 0.1) is 12.2 Å². The summed E-state index contributed by atoms with van der Waals surface area (Å²) in [6, 6.07) is 6.80. The van der Waals surface area contributed by atoms with Gasteiger partial charge in [-0.2, -0.15) is 0 Å². The summed E-state index contributed by atoms with van der Waals surface area (Å²) in [5, 5.41) is 12.2. The van der Waals surface area contributed by atoms with Gasteiger partial charge in [-0.1, -0.05) is 26.0 Å². The van der Waals surface area contributed by atoms with Crippen LogP contribution in [0.1, 0.15) is 85.6 Å². The highest BCUT2D eigenvalue weighted by atomic mass is 16.7. The van der Waals surface area contributed by atoms with Crippen LogP contribution in [0.3, 0.4) is 0 Å². The third kappa shape index (κ3) is 12.1. The van der Waals surface area contributed by atoms with Gasteiger partial charge in [-0.15, -0.1) is 0 Å². The van der Waals surface area contributed by atoms with Gasteiger partial charge >= 0.3 is 29.8 Å². The van der Waals surface area contributed by atoms with Crippen molar-refractivity contribution in [2.75, 3.05) is 11.9 Å². The molecule has 5 atom stereocenters. The Labute approximate surface area is 289 Å². The van der Waals surface area contributed by atoms with Gasteiger partial charge in [0.15, 0.2) is 36.2 Å². The molecule has 0 spiro atoms. The van der Waals surface area contributed by atoms with Crippen LogP contribution < -0.4 is 5.32 Å². The molecule has 15 nitrogen and oxygen atoms in total. The molecule has 274 valence electrons. The first-order valence-electron chi connectivity index (χ1n) is 16.2. The van der Waals surface area contributed by atoms with Gasteiger partial charge in [0.25, 0.3) is 0 Å². The summed E-state index contributed by atoms with van der Waals surface area (Å²) >= 11 is 0. The second-order valence-corrected chi connectivity index (χ2v) is 13.0. The molecule has 0 radical (unpaired) electrons. The number of carboxylic acid groups (broad SMARTS) is 1.